The second kappa shape index (κ2) is 17.3. The smallest absolute Gasteiger partial charge is 0.753 e. The van der Waals surface area contributed by atoms with Crippen LogP contribution in [0, 0.1) is 6.07 Å². The van der Waals surface area contributed by atoms with Crippen LogP contribution >= 0.6 is 11.3 Å². The molecule has 0 radical (unpaired) electrons. The van der Waals surface area contributed by atoms with Crippen molar-refractivity contribution in [3.05, 3.63) is 46.3 Å². The molecule has 14 nitrogen and oxygen atoms in total. The quantitative estimate of drug-likeness (QED) is 0.0525. The van der Waals surface area contributed by atoms with Crippen LogP contribution in [-0.2, 0) is 46.4 Å². The topological polar surface area (TPSA) is 206 Å². The summed E-state index contributed by atoms with van der Waals surface area (Å²) in [4.78, 5) is 55.1. The summed E-state index contributed by atoms with van der Waals surface area (Å²) < 4.78 is 64.3. The van der Waals surface area contributed by atoms with Crippen molar-refractivity contribution in [1.29, 1.82) is 0 Å². The Kier molecular flexibility index (Phi) is 15.1. The molecule has 2 aliphatic rings. The van der Waals surface area contributed by atoms with Gasteiger partial charge in [0.25, 0.3) is 17.4 Å². The number of hydroxylamine groups is 2. The number of carbonyl (C=O) groups excluding carboxylic acids is 3. The van der Waals surface area contributed by atoms with Crippen LogP contribution in [0.3, 0.4) is 0 Å². The number of hydrogen-bond acceptors (Lipinski definition) is 14. The van der Waals surface area contributed by atoms with Gasteiger partial charge in [0.1, 0.15) is 5.58 Å². The van der Waals surface area contributed by atoms with E-state index in [1.165, 1.54) is 0 Å². The van der Waals surface area contributed by atoms with Crippen LogP contribution in [0.15, 0.2) is 37.7 Å². The van der Waals surface area contributed by atoms with E-state index in [9.17, 15) is 32.1 Å². The van der Waals surface area contributed by atoms with E-state index >= 15 is 0 Å². The van der Waals surface area contributed by atoms with E-state index in [2.05, 4.69) is 11.0 Å². The van der Waals surface area contributed by atoms with Crippen LogP contribution in [0.1, 0.15) is 50.5 Å². The third-order valence-corrected chi connectivity index (χ3v) is 9.00. The number of thiophene rings is 1. The number of benzene rings is 1. The zero-order valence-electron chi connectivity index (χ0n) is 24.4. The number of rotatable bonds is 9. The van der Waals surface area contributed by atoms with Gasteiger partial charge in [0.05, 0.1) is 10.1 Å². The van der Waals surface area contributed by atoms with Crippen LogP contribution in [-0.4, -0.2) is 61.5 Å². The summed E-state index contributed by atoms with van der Waals surface area (Å²) >= 11 is 0.682. The molecule has 2 aromatic heterocycles. The molecule has 0 aliphatic carbocycles. The molecular formula is C26H24N2Na2O12S3. The molecular weight excluding hydrogens is 674 g/mol. The van der Waals surface area contributed by atoms with Crippen molar-refractivity contribution in [1.82, 2.24) is 5.06 Å². The molecule has 0 unspecified atom stereocenters. The van der Waals surface area contributed by atoms with Gasteiger partial charge in [0.2, 0.25) is 0 Å². The van der Waals surface area contributed by atoms with Crippen molar-refractivity contribution in [3.63, 3.8) is 0 Å². The van der Waals surface area contributed by atoms with Gasteiger partial charge in [-0.3, -0.25) is 14.4 Å². The normalized spacial score (nSPS) is 14.2. The first kappa shape index (κ1) is 39.2. The van der Waals surface area contributed by atoms with E-state index in [0.717, 1.165) is 56.1 Å². The van der Waals surface area contributed by atoms with Gasteiger partial charge in [-0.15, -0.1) is 23.8 Å². The van der Waals surface area contributed by atoms with Gasteiger partial charge in [-0.2, -0.15) is 6.07 Å². The largest absolute Gasteiger partial charge is 1.00 e. The molecule has 4 heterocycles. The molecule has 2 aliphatic heterocycles. The third-order valence-electron chi connectivity index (χ3n) is 6.67. The number of aryl methyl sites for hydroxylation is 1. The van der Waals surface area contributed by atoms with Crippen LogP contribution < -0.4 is 69.6 Å². The van der Waals surface area contributed by atoms with E-state index in [4.69, 9.17) is 21.9 Å². The zero-order chi connectivity index (χ0) is 31.3. The fourth-order valence-electron chi connectivity index (χ4n) is 4.76. The summed E-state index contributed by atoms with van der Waals surface area (Å²) in [7, 11) is -7.75. The number of fused-ring (bicyclic) bond motifs is 2. The van der Waals surface area contributed by atoms with Crippen molar-refractivity contribution in [3.8, 4) is 10.4 Å². The molecule has 0 saturated carbocycles. The first-order valence-electron chi connectivity index (χ1n) is 13.0. The maximum atomic E-state index is 12.7. The Morgan fingerprint density at radius 1 is 1.02 bits per heavy atom. The van der Waals surface area contributed by atoms with Gasteiger partial charge in [0, 0.05) is 53.7 Å². The minimum Gasteiger partial charge on any atom is -0.753 e. The monoisotopic (exact) mass is 698 g/mol. The molecule has 0 N–H and O–H groups in total. The number of carbonyl (C=O) groups is 3. The Balaban J connectivity index is 0.00000111. The summed E-state index contributed by atoms with van der Waals surface area (Å²) in [6.07, 6.45) is 4.12. The summed E-state index contributed by atoms with van der Waals surface area (Å²) in [5, 5.41) is 1.25. The predicted octanol–water partition coefficient (Wildman–Crippen LogP) is -3.85. The molecule has 1 aromatic carbocycles. The van der Waals surface area contributed by atoms with Crippen molar-refractivity contribution >= 4 is 66.5 Å². The predicted molar refractivity (Wildman–Crippen MR) is 148 cm³/mol. The second-order valence-electron chi connectivity index (χ2n) is 9.61. The average Bonchev–Trinajstić information content (AvgIpc) is 3.55. The Bertz CT molecular complexity index is 1840. The second-order valence-corrected chi connectivity index (χ2v) is 12.7. The molecule has 1 saturated heterocycles. The van der Waals surface area contributed by atoms with Gasteiger partial charge in [-0.25, -0.2) is 24.5 Å². The van der Waals surface area contributed by atoms with Crippen molar-refractivity contribution in [2.75, 3.05) is 18.0 Å². The van der Waals surface area contributed by atoms with E-state index in [1.807, 2.05) is 12.1 Å². The average molecular weight is 699 g/mol. The molecule has 5 rings (SSSR count). The SMILES string of the molecule is O=C(CCCCCN1CCCc2cc3cc(-c4[c-]cc(S(=O)(=O)[O-])s4)c(=O)oc3cc21)ON1C(=O)CCC1=O.O=S(=O)=O.[Na+].[Na+]. The first-order chi connectivity index (χ1) is 20.3. The van der Waals surface area contributed by atoms with Gasteiger partial charge in [-0.1, -0.05) is 17.4 Å². The van der Waals surface area contributed by atoms with Crippen molar-refractivity contribution < 1.29 is 108 Å². The fourth-order valence-corrected chi connectivity index (χ4v) is 6.31. The summed E-state index contributed by atoms with van der Waals surface area (Å²) in [5.41, 5.74) is 1.96. The number of amides is 2. The summed E-state index contributed by atoms with van der Waals surface area (Å²) in [5.74, 6) is -1.59. The molecule has 230 valence electrons. The number of unbranched alkanes of at least 4 members (excludes halogenated alkanes) is 2. The van der Waals surface area contributed by atoms with Gasteiger partial charge in [-0.05, 0) is 42.9 Å². The number of nitrogens with zero attached hydrogens (tertiary/aromatic N) is 2. The minimum atomic E-state index is -4.64. The Morgan fingerprint density at radius 2 is 1.69 bits per heavy atom. The molecule has 1 fully saturated rings. The molecule has 19 heteroatoms. The zero-order valence-corrected chi connectivity index (χ0v) is 30.8. The number of imide groups is 1. The standard InChI is InChI=1S/C26H25N2O9S2.2Na.O3S/c29-22-8-9-23(30)28(22)37-24(31)6-2-1-3-11-27-12-4-5-16-13-17-14-18(26(32)36-20(17)15-19(16)27)21-7-10-25(38-21)39(33,34)35;;;1-4(2)3/h10,13-15H,1-6,8-9,11-12H2,(H,33,34,35);;;/q-1;2*+1;/p-1. The van der Waals surface area contributed by atoms with Gasteiger partial charge >= 0.3 is 75.7 Å². The maximum absolute atomic E-state index is 12.7. The molecule has 2 amide bonds. The van der Waals surface area contributed by atoms with E-state index < -0.39 is 48.3 Å². The molecule has 3 aromatic rings. The van der Waals surface area contributed by atoms with E-state index in [0.29, 0.717) is 33.8 Å². The van der Waals surface area contributed by atoms with Gasteiger partial charge in [0.15, 0.2) is 0 Å². The van der Waals surface area contributed by atoms with Crippen LogP contribution in [0.4, 0.5) is 5.69 Å². The van der Waals surface area contributed by atoms with E-state index in [-0.39, 0.29) is 88.8 Å². The van der Waals surface area contributed by atoms with Crippen LogP contribution in [0.2, 0.25) is 0 Å². The Hall–Kier alpha value is -1.93. The molecule has 0 spiro atoms. The third kappa shape index (κ3) is 10.5. The molecule has 0 bridgehead atoms. The molecule has 45 heavy (non-hydrogen) atoms. The fraction of sp³-hybridized carbons (Fsp3) is 0.385. The van der Waals surface area contributed by atoms with Crippen molar-refractivity contribution in [2.45, 2.75) is 55.6 Å². The summed E-state index contributed by atoms with van der Waals surface area (Å²) in [6.45, 7) is 1.56. The number of anilines is 1. The van der Waals surface area contributed by atoms with Crippen molar-refractivity contribution in [2.24, 2.45) is 0 Å². The Morgan fingerprint density at radius 3 is 2.31 bits per heavy atom. The van der Waals surface area contributed by atoms with Crippen LogP contribution in [0.5, 0.6) is 0 Å². The number of hydrogen-bond donors (Lipinski definition) is 0. The van der Waals surface area contributed by atoms with Gasteiger partial charge < -0.3 is 18.7 Å². The minimum absolute atomic E-state index is 0. The Labute approximate surface area is 307 Å². The van der Waals surface area contributed by atoms with Crippen LogP contribution in [0.25, 0.3) is 21.4 Å². The maximum Gasteiger partial charge on any atom is 1.00 e. The first-order valence-corrected chi connectivity index (χ1v) is 16.2. The summed E-state index contributed by atoms with van der Waals surface area (Å²) in [6, 6.07) is 9.16. The molecule has 0 atom stereocenters. The van der Waals surface area contributed by atoms with E-state index in [1.54, 1.807) is 6.07 Å².